The normalized spacial score (nSPS) is 18.0. The Kier molecular flexibility index (Phi) is 4.64. The van der Waals surface area contributed by atoms with E-state index in [0.29, 0.717) is 0 Å². The number of rotatable bonds is 4. The summed E-state index contributed by atoms with van der Waals surface area (Å²) in [6.07, 6.45) is 7.64. The van der Waals surface area contributed by atoms with Crippen molar-refractivity contribution in [1.82, 2.24) is 0 Å². The van der Waals surface area contributed by atoms with E-state index < -0.39 is 0 Å². The summed E-state index contributed by atoms with van der Waals surface area (Å²) < 4.78 is 0. The number of nitrogens with zero attached hydrogens (tertiary/aromatic N) is 1. The second-order valence-corrected chi connectivity index (χ2v) is 5.43. The highest BCUT2D eigenvalue weighted by Gasteiger charge is 2.18. The standard InChI is InChI=1S/C16H22N2/c1-13-7-9-15(10-8-13)18-16(12-17)11-14-5-3-2-4-6-14/h7-10,14,16,18H,2-6,11H2,1H3. The summed E-state index contributed by atoms with van der Waals surface area (Å²) >= 11 is 0. The molecule has 0 aromatic heterocycles. The van der Waals surface area contributed by atoms with Crippen molar-refractivity contribution < 1.29 is 0 Å². The van der Waals surface area contributed by atoms with Crippen LogP contribution >= 0.6 is 0 Å². The van der Waals surface area contributed by atoms with Crippen molar-refractivity contribution in [2.45, 2.75) is 51.5 Å². The molecule has 96 valence electrons. The molecule has 1 aromatic rings. The fourth-order valence-electron chi connectivity index (χ4n) is 2.75. The van der Waals surface area contributed by atoms with Gasteiger partial charge in [0.1, 0.15) is 6.04 Å². The molecule has 0 bridgehead atoms. The Morgan fingerprint density at radius 1 is 1.22 bits per heavy atom. The maximum absolute atomic E-state index is 9.26. The summed E-state index contributed by atoms with van der Waals surface area (Å²) in [5.41, 5.74) is 2.31. The summed E-state index contributed by atoms with van der Waals surface area (Å²) in [6, 6.07) is 10.6. The first kappa shape index (κ1) is 13.0. The van der Waals surface area contributed by atoms with E-state index in [1.165, 1.54) is 37.7 Å². The largest absolute Gasteiger partial charge is 0.370 e. The topological polar surface area (TPSA) is 35.8 Å². The first-order chi connectivity index (χ1) is 8.78. The summed E-state index contributed by atoms with van der Waals surface area (Å²) in [7, 11) is 0. The highest BCUT2D eigenvalue weighted by atomic mass is 14.9. The Morgan fingerprint density at radius 3 is 2.50 bits per heavy atom. The zero-order valence-electron chi connectivity index (χ0n) is 11.2. The van der Waals surface area contributed by atoms with Crippen LogP contribution in [0.2, 0.25) is 0 Å². The molecule has 0 radical (unpaired) electrons. The van der Waals surface area contributed by atoms with Gasteiger partial charge in [0.15, 0.2) is 0 Å². The molecule has 2 nitrogen and oxygen atoms in total. The maximum Gasteiger partial charge on any atom is 0.114 e. The Morgan fingerprint density at radius 2 is 1.89 bits per heavy atom. The predicted octanol–water partition coefficient (Wildman–Crippen LogP) is 4.27. The van der Waals surface area contributed by atoms with E-state index in [9.17, 15) is 5.26 Å². The Labute approximate surface area is 110 Å². The van der Waals surface area contributed by atoms with Gasteiger partial charge in [-0.1, -0.05) is 49.8 Å². The van der Waals surface area contributed by atoms with Gasteiger partial charge >= 0.3 is 0 Å². The molecule has 0 spiro atoms. The van der Waals surface area contributed by atoms with Gasteiger partial charge in [-0.3, -0.25) is 0 Å². The third kappa shape index (κ3) is 3.77. The van der Waals surface area contributed by atoms with Crippen molar-refractivity contribution in [1.29, 1.82) is 5.26 Å². The van der Waals surface area contributed by atoms with Gasteiger partial charge in [-0.2, -0.15) is 5.26 Å². The first-order valence-corrected chi connectivity index (χ1v) is 7.01. The second-order valence-electron chi connectivity index (χ2n) is 5.43. The third-order valence-corrected chi connectivity index (χ3v) is 3.84. The fraction of sp³-hybridized carbons (Fsp3) is 0.562. The molecule has 0 aliphatic heterocycles. The van der Waals surface area contributed by atoms with Crippen molar-refractivity contribution in [3.8, 4) is 6.07 Å². The number of aryl methyl sites for hydroxylation is 1. The molecule has 1 fully saturated rings. The van der Waals surface area contributed by atoms with E-state index in [-0.39, 0.29) is 6.04 Å². The summed E-state index contributed by atoms with van der Waals surface area (Å²) in [5.74, 6) is 0.737. The molecule has 0 amide bonds. The van der Waals surface area contributed by atoms with Crippen LogP contribution in [0.3, 0.4) is 0 Å². The zero-order valence-corrected chi connectivity index (χ0v) is 11.2. The lowest BCUT2D eigenvalue weighted by atomic mass is 9.85. The van der Waals surface area contributed by atoms with Crippen molar-refractivity contribution in [3.05, 3.63) is 29.8 Å². The maximum atomic E-state index is 9.26. The molecule has 1 N–H and O–H groups in total. The minimum atomic E-state index is -0.0455. The highest BCUT2D eigenvalue weighted by Crippen LogP contribution is 2.28. The van der Waals surface area contributed by atoms with Crippen LogP contribution in [0.25, 0.3) is 0 Å². The molecular weight excluding hydrogens is 220 g/mol. The molecule has 1 unspecified atom stereocenters. The van der Waals surface area contributed by atoms with Gasteiger partial charge in [0, 0.05) is 5.69 Å². The van der Waals surface area contributed by atoms with E-state index in [2.05, 4.69) is 42.6 Å². The molecule has 1 aromatic carbocycles. The summed E-state index contributed by atoms with van der Waals surface area (Å²) in [4.78, 5) is 0. The van der Waals surface area contributed by atoms with Crippen molar-refractivity contribution in [3.63, 3.8) is 0 Å². The van der Waals surface area contributed by atoms with E-state index in [1.807, 2.05) is 0 Å². The molecular formula is C16H22N2. The van der Waals surface area contributed by atoms with E-state index in [0.717, 1.165) is 18.0 Å². The molecule has 1 aliphatic rings. The van der Waals surface area contributed by atoms with Crippen LogP contribution in [-0.2, 0) is 0 Å². The number of nitrogens with one attached hydrogen (secondary N) is 1. The van der Waals surface area contributed by atoms with Gasteiger partial charge in [0.25, 0.3) is 0 Å². The lowest BCUT2D eigenvalue weighted by molar-refractivity contribution is 0.335. The van der Waals surface area contributed by atoms with Gasteiger partial charge in [0.05, 0.1) is 6.07 Å². The molecule has 1 aliphatic carbocycles. The van der Waals surface area contributed by atoms with Gasteiger partial charge in [-0.15, -0.1) is 0 Å². The zero-order chi connectivity index (χ0) is 12.8. The Balaban J connectivity index is 1.88. The van der Waals surface area contributed by atoms with Crippen LogP contribution in [0, 0.1) is 24.2 Å². The lowest BCUT2D eigenvalue weighted by Gasteiger charge is -2.24. The van der Waals surface area contributed by atoms with Gasteiger partial charge < -0.3 is 5.32 Å². The van der Waals surface area contributed by atoms with Crippen LogP contribution in [0.15, 0.2) is 24.3 Å². The SMILES string of the molecule is Cc1ccc(NC(C#N)CC2CCCCC2)cc1. The second kappa shape index (κ2) is 6.44. The van der Waals surface area contributed by atoms with E-state index in [4.69, 9.17) is 0 Å². The predicted molar refractivity (Wildman–Crippen MR) is 75.4 cm³/mol. The first-order valence-electron chi connectivity index (χ1n) is 7.01. The molecule has 2 rings (SSSR count). The van der Waals surface area contributed by atoms with Gasteiger partial charge in [-0.25, -0.2) is 0 Å². The Bertz CT molecular complexity index is 396. The molecule has 0 saturated heterocycles. The average molecular weight is 242 g/mol. The number of anilines is 1. The molecule has 2 heteroatoms. The monoisotopic (exact) mass is 242 g/mol. The van der Waals surface area contributed by atoms with Crippen molar-refractivity contribution >= 4 is 5.69 Å². The van der Waals surface area contributed by atoms with Crippen molar-refractivity contribution in [2.24, 2.45) is 5.92 Å². The third-order valence-electron chi connectivity index (χ3n) is 3.84. The number of benzene rings is 1. The highest BCUT2D eigenvalue weighted by molar-refractivity contribution is 5.46. The smallest absolute Gasteiger partial charge is 0.114 e. The van der Waals surface area contributed by atoms with Crippen LogP contribution in [0.5, 0.6) is 0 Å². The number of hydrogen-bond donors (Lipinski definition) is 1. The van der Waals surface area contributed by atoms with Gasteiger partial charge in [0.2, 0.25) is 0 Å². The van der Waals surface area contributed by atoms with Crippen LogP contribution in [0.1, 0.15) is 44.1 Å². The average Bonchev–Trinajstić information content (AvgIpc) is 2.41. The van der Waals surface area contributed by atoms with E-state index in [1.54, 1.807) is 0 Å². The Hall–Kier alpha value is -1.49. The fourth-order valence-corrected chi connectivity index (χ4v) is 2.75. The minimum absolute atomic E-state index is 0.0455. The molecule has 0 heterocycles. The molecule has 18 heavy (non-hydrogen) atoms. The summed E-state index contributed by atoms with van der Waals surface area (Å²) in [6.45, 7) is 2.08. The molecule has 1 atom stereocenters. The van der Waals surface area contributed by atoms with Gasteiger partial charge in [-0.05, 0) is 31.4 Å². The molecule has 1 saturated carbocycles. The minimum Gasteiger partial charge on any atom is -0.370 e. The van der Waals surface area contributed by atoms with Crippen molar-refractivity contribution in [2.75, 3.05) is 5.32 Å². The van der Waals surface area contributed by atoms with Crippen LogP contribution in [0.4, 0.5) is 5.69 Å². The van der Waals surface area contributed by atoms with E-state index >= 15 is 0 Å². The lowest BCUT2D eigenvalue weighted by Crippen LogP contribution is -2.22. The van der Waals surface area contributed by atoms with Crippen LogP contribution in [-0.4, -0.2) is 6.04 Å². The quantitative estimate of drug-likeness (QED) is 0.855. The number of nitriles is 1. The van der Waals surface area contributed by atoms with Crippen LogP contribution < -0.4 is 5.32 Å². The number of hydrogen-bond acceptors (Lipinski definition) is 2. The summed E-state index contributed by atoms with van der Waals surface area (Å²) in [5, 5.41) is 12.6.